The molecule has 0 fully saturated rings. The maximum absolute atomic E-state index is 13.5. The van der Waals surface area contributed by atoms with E-state index >= 15 is 0 Å². The van der Waals surface area contributed by atoms with Crippen LogP contribution in [-0.4, -0.2) is 16.7 Å². The first-order valence-electron chi connectivity index (χ1n) is 7.42. The third-order valence-electron chi connectivity index (χ3n) is 4.07. The predicted molar refractivity (Wildman–Crippen MR) is 99.8 cm³/mol. The Bertz CT molecular complexity index is 907. The topological polar surface area (TPSA) is 29.6 Å². The molecule has 0 N–H and O–H groups in total. The molecule has 0 spiro atoms. The molecule has 2 unspecified atom stereocenters. The number of hydrogen-bond acceptors (Lipinski definition) is 3. The number of aromatic nitrogens is 1. The van der Waals surface area contributed by atoms with E-state index in [0.717, 1.165) is 33.2 Å². The highest BCUT2D eigenvalue weighted by atomic mass is 79.9. The van der Waals surface area contributed by atoms with E-state index in [0.29, 0.717) is 4.47 Å². The summed E-state index contributed by atoms with van der Waals surface area (Å²) in [6.45, 7) is 13.4. The smallest absolute Gasteiger partial charge is 0.272 e. The fraction of sp³-hybridized carbons (Fsp3) is 0.278. The first kappa shape index (κ1) is 17.0. The lowest BCUT2D eigenvalue weighted by Crippen LogP contribution is -2.28. The summed E-state index contributed by atoms with van der Waals surface area (Å²) in [4.78, 5) is 13.0. The molecule has 1 aliphatic heterocycles. The highest BCUT2D eigenvalue weighted by Gasteiger charge is 2.40. The molecule has 2 aromatic rings. The molecule has 0 amide bonds. The van der Waals surface area contributed by atoms with Crippen molar-refractivity contribution in [2.45, 2.75) is 32.7 Å². The van der Waals surface area contributed by atoms with Gasteiger partial charge in [-0.05, 0) is 38.5 Å². The van der Waals surface area contributed by atoms with Gasteiger partial charge in [0.2, 0.25) is 0 Å². The first-order chi connectivity index (χ1) is 11.4. The summed E-state index contributed by atoms with van der Waals surface area (Å²) >= 11 is 5.01. The van der Waals surface area contributed by atoms with Crippen LogP contribution in [0.4, 0.5) is 4.39 Å². The van der Waals surface area contributed by atoms with Crippen LogP contribution in [0.1, 0.15) is 36.0 Å². The van der Waals surface area contributed by atoms with E-state index in [4.69, 9.17) is 6.57 Å². The zero-order valence-corrected chi connectivity index (χ0v) is 15.9. The molecule has 3 nitrogen and oxygen atoms in total. The van der Waals surface area contributed by atoms with Gasteiger partial charge < -0.3 is 4.85 Å². The fourth-order valence-electron chi connectivity index (χ4n) is 3.03. The molecule has 122 valence electrons. The Kier molecular flexibility index (Phi) is 4.66. The van der Waals surface area contributed by atoms with E-state index in [1.807, 2.05) is 26.2 Å². The molecule has 1 aliphatic rings. The highest BCUT2D eigenvalue weighted by molar-refractivity contribution is 9.10. The summed E-state index contributed by atoms with van der Waals surface area (Å²) in [6, 6.07) is 4.20. The summed E-state index contributed by atoms with van der Waals surface area (Å²) in [5, 5.41) is 2.86. The number of thiazole rings is 1. The van der Waals surface area contributed by atoms with Gasteiger partial charge in [-0.15, -0.1) is 11.3 Å². The van der Waals surface area contributed by atoms with Gasteiger partial charge in [-0.25, -0.2) is 15.9 Å². The Morgan fingerprint density at radius 2 is 2.04 bits per heavy atom. The molecule has 2 atom stereocenters. The van der Waals surface area contributed by atoms with Gasteiger partial charge in [0.25, 0.3) is 6.04 Å². The molecule has 1 aromatic carbocycles. The van der Waals surface area contributed by atoms with E-state index in [2.05, 4.69) is 30.8 Å². The van der Waals surface area contributed by atoms with Crippen LogP contribution in [0, 0.1) is 19.3 Å². The quantitative estimate of drug-likeness (QED) is 0.597. The molecule has 0 aliphatic carbocycles. The maximum Gasteiger partial charge on any atom is 0.272 e. The summed E-state index contributed by atoms with van der Waals surface area (Å²) < 4.78 is 14.2. The lowest BCUT2D eigenvalue weighted by atomic mass is 9.80. The number of hydrogen-bond donors (Lipinski definition) is 0. The van der Waals surface area contributed by atoms with E-state index in [1.165, 1.54) is 12.1 Å². The Labute approximate surface area is 152 Å². The standard InChI is InChI=1S/C18H15BrFN3S/c1-9-8-24-18(22-9)15-10(2)23-11(3)17(21-4)16(15)13-6-5-12(20)7-14(13)19/h5-8,16-17H,1-3H3. The Morgan fingerprint density at radius 3 is 2.62 bits per heavy atom. The second-order valence-electron chi connectivity index (χ2n) is 5.76. The molecule has 0 bridgehead atoms. The van der Waals surface area contributed by atoms with Crippen molar-refractivity contribution in [3.05, 3.63) is 67.2 Å². The zero-order valence-electron chi connectivity index (χ0n) is 13.5. The predicted octanol–water partition coefficient (Wildman–Crippen LogP) is 5.63. The second-order valence-corrected chi connectivity index (χ2v) is 7.48. The van der Waals surface area contributed by atoms with Crippen LogP contribution >= 0.6 is 27.3 Å². The van der Waals surface area contributed by atoms with Crippen LogP contribution in [0.25, 0.3) is 10.4 Å². The average molecular weight is 404 g/mol. The van der Waals surface area contributed by atoms with E-state index in [-0.39, 0.29) is 11.7 Å². The average Bonchev–Trinajstić information content (AvgIpc) is 2.93. The third kappa shape index (κ3) is 2.94. The SMILES string of the molecule is [C-]#[N+]C1C(C)=NC(C)=C(c2nc(C)cs2)C1c1ccc(F)cc1Br. The van der Waals surface area contributed by atoms with Crippen LogP contribution in [0.5, 0.6) is 0 Å². The van der Waals surface area contributed by atoms with Crippen molar-refractivity contribution in [2.75, 3.05) is 0 Å². The Balaban J connectivity index is 2.25. The van der Waals surface area contributed by atoms with Gasteiger partial charge in [-0.2, -0.15) is 0 Å². The molecule has 24 heavy (non-hydrogen) atoms. The van der Waals surface area contributed by atoms with Gasteiger partial charge in [-0.3, -0.25) is 4.99 Å². The largest absolute Gasteiger partial charge is 0.306 e. The number of aryl methyl sites for hydroxylation is 1. The van der Waals surface area contributed by atoms with Crippen molar-refractivity contribution in [1.82, 2.24) is 4.98 Å². The normalized spacial score (nSPS) is 20.8. The minimum absolute atomic E-state index is 0.222. The minimum Gasteiger partial charge on any atom is -0.306 e. The number of nitrogens with zero attached hydrogens (tertiary/aromatic N) is 3. The molecule has 0 radical (unpaired) electrons. The third-order valence-corrected chi connectivity index (χ3v) is 5.75. The van der Waals surface area contributed by atoms with Gasteiger partial charge in [0, 0.05) is 26.8 Å². The van der Waals surface area contributed by atoms with E-state index in [1.54, 1.807) is 17.4 Å². The van der Waals surface area contributed by atoms with E-state index in [9.17, 15) is 4.39 Å². The molecular weight excluding hydrogens is 389 g/mol. The molecule has 0 saturated heterocycles. The molecular formula is C18H15BrFN3S. The van der Waals surface area contributed by atoms with Crippen LogP contribution in [-0.2, 0) is 0 Å². The number of aliphatic imine (C=N–C) groups is 1. The summed E-state index contributed by atoms with van der Waals surface area (Å²) in [5.41, 5.74) is 4.42. The highest BCUT2D eigenvalue weighted by Crippen LogP contribution is 2.45. The van der Waals surface area contributed by atoms with Gasteiger partial charge in [-0.1, -0.05) is 22.0 Å². The van der Waals surface area contributed by atoms with Crippen LogP contribution in [0.15, 0.2) is 38.7 Å². The maximum atomic E-state index is 13.5. The monoisotopic (exact) mass is 403 g/mol. The summed E-state index contributed by atoms with van der Waals surface area (Å²) in [7, 11) is 0. The summed E-state index contributed by atoms with van der Waals surface area (Å²) in [5.74, 6) is -0.529. The summed E-state index contributed by atoms with van der Waals surface area (Å²) in [6.07, 6.45) is 0. The van der Waals surface area contributed by atoms with Crippen molar-refractivity contribution in [1.29, 1.82) is 0 Å². The molecule has 0 saturated carbocycles. The minimum atomic E-state index is -0.422. The number of benzene rings is 1. The van der Waals surface area contributed by atoms with E-state index < -0.39 is 6.04 Å². The van der Waals surface area contributed by atoms with Crippen molar-refractivity contribution in [2.24, 2.45) is 4.99 Å². The van der Waals surface area contributed by atoms with Gasteiger partial charge in [0.1, 0.15) is 10.8 Å². The molecule has 6 heteroatoms. The molecule has 2 heterocycles. The zero-order chi connectivity index (χ0) is 17.4. The van der Waals surface area contributed by atoms with Crippen molar-refractivity contribution >= 4 is 38.6 Å². The van der Waals surface area contributed by atoms with Gasteiger partial charge in [0.15, 0.2) is 0 Å². The van der Waals surface area contributed by atoms with Crippen molar-refractivity contribution < 1.29 is 4.39 Å². The Morgan fingerprint density at radius 1 is 1.29 bits per heavy atom. The van der Waals surface area contributed by atoms with Crippen molar-refractivity contribution in [3.8, 4) is 0 Å². The lowest BCUT2D eigenvalue weighted by Gasteiger charge is -2.27. The van der Waals surface area contributed by atoms with Crippen LogP contribution in [0.3, 0.4) is 0 Å². The molecule has 3 rings (SSSR count). The van der Waals surface area contributed by atoms with Crippen LogP contribution < -0.4 is 0 Å². The lowest BCUT2D eigenvalue weighted by molar-refractivity contribution is 0.625. The number of halogens is 2. The molecule has 1 aromatic heterocycles. The van der Waals surface area contributed by atoms with Gasteiger partial charge >= 0.3 is 0 Å². The first-order valence-corrected chi connectivity index (χ1v) is 9.09. The number of allylic oxidation sites excluding steroid dienone is 1. The number of rotatable bonds is 2. The van der Waals surface area contributed by atoms with Crippen molar-refractivity contribution in [3.63, 3.8) is 0 Å². The fourth-order valence-corrected chi connectivity index (χ4v) is 4.56. The van der Waals surface area contributed by atoms with Gasteiger partial charge in [0.05, 0.1) is 11.6 Å². The van der Waals surface area contributed by atoms with Crippen LogP contribution in [0.2, 0.25) is 0 Å². The Hall–Kier alpha value is -1.84. The second kappa shape index (κ2) is 6.58.